The number of nitrogens with zero attached hydrogens (tertiary/aromatic N) is 6. The number of anilines is 1. The number of imidazole rings is 1. The minimum atomic E-state index is -0.565. The van der Waals surface area contributed by atoms with Crippen LogP contribution in [0.15, 0.2) is 54.0 Å². The van der Waals surface area contributed by atoms with Gasteiger partial charge in [0.05, 0.1) is 12.7 Å². The smallest absolute Gasteiger partial charge is 0.251 e. The SMILES string of the molecule is CCn1ccnc1CNC(=O)[C@H]1[C@@H]2C[C@@H](CN(c3cnccn3)C2)c2cccc(=O)n21. The number of hydrogen-bond donors (Lipinski definition) is 1. The van der Waals surface area contributed by atoms with Crippen molar-refractivity contribution in [2.45, 2.75) is 38.4 Å². The number of pyridine rings is 1. The van der Waals surface area contributed by atoms with E-state index in [9.17, 15) is 9.59 Å². The first-order valence-electron chi connectivity index (χ1n) is 10.7. The largest absolute Gasteiger partial charge is 0.354 e. The quantitative estimate of drug-likeness (QED) is 0.670. The Labute approximate surface area is 179 Å². The van der Waals surface area contributed by atoms with Crippen molar-refractivity contribution in [2.24, 2.45) is 5.92 Å². The van der Waals surface area contributed by atoms with E-state index in [4.69, 9.17) is 0 Å². The Morgan fingerprint density at radius 1 is 1.19 bits per heavy atom. The number of piperidine rings is 1. The van der Waals surface area contributed by atoms with E-state index < -0.39 is 6.04 Å². The van der Waals surface area contributed by atoms with Gasteiger partial charge in [-0.1, -0.05) is 6.07 Å². The Bertz CT molecular complexity index is 1140. The van der Waals surface area contributed by atoms with Crippen LogP contribution in [0.3, 0.4) is 0 Å². The van der Waals surface area contributed by atoms with Gasteiger partial charge in [0.25, 0.3) is 5.56 Å². The maximum Gasteiger partial charge on any atom is 0.251 e. The highest BCUT2D eigenvalue weighted by Crippen LogP contribution is 2.42. The first kappa shape index (κ1) is 19.5. The van der Waals surface area contributed by atoms with E-state index in [-0.39, 0.29) is 23.3 Å². The van der Waals surface area contributed by atoms with E-state index in [0.29, 0.717) is 13.1 Å². The zero-order valence-electron chi connectivity index (χ0n) is 17.4. The Kier molecular flexibility index (Phi) is 5.01. The normalized spacial score (nSPS) is 22.1. The van der Waals surface area contributed by atoms with Gasteiger partial charge in [-0.25, -0.2) is 9.97 Å². The molecule has 0 aromatic carbocycles. The van der Waals surface area contributed by atoms with Crippen molar-refractivity contribution in [1.29, 1.82) is 0 Å². The second-order valence-corrected chi connectivity index (χ2v) is 8.11. The lowest BCUT2D eigenvalue weighted by molar-refractivity contribution is -0.127. The third kappa shape index (κ3) is 3.49. The molecular formula is C22H25N7O2. The van der Waals surface area contributed by atoms with Gasteiger partial charge in [0.15, 0.2) is 0 Å². The summed E-state index contributed by atoms with van der Waals surface area (Å²) < 4.78 is 3.70. The minimum absolute atomic E-state index is 0.000670. The molecule has 5 rings (SSSR count). The molecule has 9 nitrogen and oxygen atoms in total. The van der Waals surface area contributed by atoms with Gasteiger partial charge >= 0.3 is 0 Å². The summed E-state index contributed by atoms with van der Waals surface area (Å²) in [7, 11) is 0. The molecule has 0 aliphatic carbocycles. The summed E-state index contributed by atoms with van der Waals surface area (Å²) >= 11 is 0. The summed E-state index contributed by atoms with van der Waals surface area (Å²) in [6.07, 6.45) is 9.57. The molecule has 31 heavy (non-hydrogen) atoms. The molecule has 3 atom stereocenters. The van der Waals surface area contributed by atoms with Crippen LogP contribution in [-0.2, 0) is 17.9 Å². The highest BCUT2D eigenvalue weighted by molar-refractivity contribution is 5.81. The van der Waals surface area contributed by atoms with Crippen molar-refractivity contribution in [2.75, 3.05) is 18.0 Å². The first-order valence-corrected chi connectivity index (χ1v) is 10.7. The number of carbonyl (C=O) groups is 1. The topological polar surface area (TPSA) is 97.9 Å². The van der Waals surface area contributed by atoms with Gasteiger partial charge in [-0.2, -0.15) is 0 Å². The lowest BCUT2D eigenvalue weighted by Gasteiger charge is -2.46. The van der Waals surface area contributed by atoms with E-state index in [2.05, 4.69) is 25.2 Å². The molecule has 160 valence electrons. The van der Waals surface area contributed by atoms with Gasteiger partial charge in [0.2, 0.25) is 5.91 Å². The Morgan fingerprint density at radius 2 is 2.10 bits per heavy atom. The lowest BCUT2D eigenvalue weighted by Crippen LogP contribution is -2.53. The van der Waals surface area contributed by atoms with E-state index in [1.807, 2.05) is 23.8 Å². The third-order valence-corrected chi connectivity index (χ3v) is 6.35. The van der Waals surface area contributed by atoms with Crippen molar-refractivity contribution in [1.82, 2.24) is 29.4 Å². The zero-order chi connectivity index (χ0) is 21.4. The average molecular weight is 419 g/mol. The fourth-order valence-corrected chi connectivity index (χ4v) is 4.98. The van der Waals surface area contributed by atoms with Gasteiger partial charge in [0, 0.05) is 68.0 Å². The molecule has 1 N–H and O–H groups in total. The number of hydrogen-bond acceptors (Lipinski definition) is 6. The Morgan fingerprint density at radius 3 is 2.90 bits per heavy atom. The van der Waals surface area contributed by atoms with Gasteiger partial charge in [-0.05, 0) is 19.4 Å². The van der Waals surface area contributed by atoms with Crippen LogP contribution in [0, 0.1) is 5.92 Å². The van der Waals surface area contributed by atoms with Crippen LogP contribution in [0.2, 0.25) is 0 Å². The predicted octanol–water partition coefficient (Wildman–Crippen LogP) is 1.34. The molecule has 1 amide bonds. The molecule has 2 bridgehead atoms. The minimum Gasteiger partial charge on any atom is -0.354 e. The van der Waals surface area contributed by atoms with E-state index >= 15 is 0 Å². The molecular weight excluding hydrogens is 394 g/mol. The molecule has 0 saturated carbocycles. The summed E-state index contributed by atoms with van der Waals surface area (Å²) in [6.45, 7) is 4.55. The molecule has 2 aliphatic rings. The number of aromatic nitrogens is 5. The number of rotatable bonds is 5. The van der Waals surface area contributed by atoms with E-state index in [0.717, 1.165) is 36.8 Å². The summed E-state index contributed by atoms with van der Waals surface area (Å²) in [6, 6.07) is 4.72. The predicted molar refractivity (Wildman–Crippen MR) is 115 cm³/mol. The van der Waals surface area contributed by atoms with Crippen LogP contribution >= 0.6 is 0 Å². The van der Waals surface area contributed by atoms with Crippen LogP contribution in [-0.4, -0.2) is 43.1 Å². The van der Waals surface area contributed by atoms with Crippen molar-refractivity contribution >= 4 is 11.7 Å². The van der Waals surface area contributed by atoms with Crippen molar-refractivity contribution in [3.8, 4) is 0 Å². The summed E-state index contributed by atoms with van der Waals surface area (Å²) in [4.78, 5) is 41.4. The van der Waals surface area contributed by atoms with Crippen molar-refractivity contribution in [3.05, 3.63) is 71.1 Å². The number of nitrogens with one attached hydrogen (secondary N) is 1. The average Bonchev–Trinajstić information content (AvgIpc) is 3.26. The maximum absolute atomic E-state index is 13.4. The molecule has 0 unspecified atom stereocenters. The third-order valence-electron chi connectivity index (χ3n) is 6.35. The maximum atomic E-state index is 13.4. The first-order chi connectivity index (χ1) is 15.2. The number of aryl methyl sites for hydroxylation is 1. The second kappa shape index (κ2) is 7.98. The second-order valence-electron chi connectivity index (χ2n) is 8.11. The van der Waals surface area contributed by atoms with Gasteiger partial charge < -0.3 is 14.8 Å². The summed E-state index contributed by atoms with van der Waals surface area (Å²) in [5.74, 6) is 1.62. The van der Waals surface area contributed by atoms with Crippen LogP contribution < -0.4 is 15.8 Å². The molecule has 0 radical (unpaired) electrons. The molecule has 3 aromatic heterocycles. The van der Waals surface area contributed by atoms with Crippen LogP contribution in [0.25, 0.3) is 0 Å². The Balaban J connectivity index is 1.46. The summed E-state index contributed by atoms with van der Waals surface area (Å²) in [5, 5.41) is 3.03. The van der Waals surface area contributed by atoms with E-state index in [1.54, 1.807) is 35.4 Å². The fraction of sp³-hybridized carbons (Fsp3) is 0.409. The van der Waals surface area contributed by atoms with Crippen molar-refractivity contribution in [3.63, 3.8) is 0 Å². The van der Waals surface area contributed by atoms with E-state index in [1.165, 1.54) is 6.07 Å². The molecule has 3 aromatic rings. The summed E-state index contributed by atoms with van der Waals surface area (Å²) in [5.41, 5.74) is 0.780. The molecule has 1 fully saturated rings. The molecule has 1 saturated heterocycles. The Hall–Kier alpha value is -3.49. The zero-order valence-corrected chi connectivity index (χ0v) is 17.4. The highest BCUT2D eigenvalue weighted by atomic mass is 16.2. The van der Waals surface area contributed by atoms with Crippen LogP contribution in [0.4, 0.5) is 5.82 Å². The van der Waals surface area contributed by atoms with Gasteiger partial charge in [-0.3, -0.25) is 19.1 Å². The van der Waals surface area contributed by atoms with Gasteiger partial charge in [-0.15, -0.1) is 0 Å². The number of fused-ring (bicyclic) bond motifs is 4. The molecule has 9 heteroatoms. The van der Waals surface area contributed by atoms with Gasteiger partial charge in [0.1, 0.15) is 17.7 Å². The number of carbonyl (C=O) groups excluding carboxylic acids is 1. The molecule has 2 aliphatic heterocycles. The van der Waals surface area contributed by atoms with Crippen LogP contribution in [0.1, 0.15) is 36.8 Å². The highest BCUT2D eigenvalue weighted by Gasteiger charge is 2.44. The standard InChI is InChI=1S/C22H25N7O2/c1-2-27-9-8-25-19(27)12-26-22(31)21-16-10-15(17-4-3-5-20(30)29(17)21)13-28(14-16)18-11-23-6-7-24-18/h3-9,11,15-16,21H,2,10,12-14H2,1H3,(H,26,31)/t15-,16+,21+/m0/s1. The molecule has 5 heterocycles. The fourth-order valence-electron chi connectivity index (χ4n) is 4.98. The monoisotopic (exact) mass is 419 g/mol. The lowest BCUT2D eigenvalue weighted by atomic mass is 9.78. The molecule has 0 spiro atoms. The van der Waals surface area contributed by atoms with Crippen molar-refractivity contribution < 1.29 is 4.79 Å². The van der Waals surface area contributed by atoms with Crippen LogP contribution in [0.5, 0.6) is 0 Å². The number of amides is 1.